The van der Waals surface area contributed by atoms with E-state index in [1.807, 2.05) is 12.1 Å². The highest BCUT2D eigenvalue weighted by molar-refractivity contribution is 5.52. The van der Waals surface area contributed by atoms with E-state index in [9.17, 15) is 0 Å². The Labute approximate surface area is 97.2 Å². The standard InChI is InChI=1S/C13H20N2O/c1-10-5-3-6-11(9-10)15-12-7-4-8-14-13(12)16-2/h4,7-8,10-11,15H,3,5-6,9H2,1-2H3. The summed E-state index contributed by atoms with van der Waals surface area (Å²) < 4.78 is 5.24. The fourth-order valence-corrected chi connectivity index (χ4v) is 2.45. The Hall–Kier alpha value is -1.25. The van der Waals surface area contributed by atoms with Gasteiger partial charge in [0.15, 0.2) is 0 Å². The van der Waals surface area contributed by atoms with Gasteiger partial charge in [-0.05, 0) is 30.9 Å². The van der Waals surface area contributed by atoms with Crippen molar-refractivity contribution in [2.45, 2.75) is 38.6 Å². The van der Waals surface area contributed by atoms with Crippen LogP contribution in [0.3, 0.4) is 0 Å². The van der Waals surface area contributed by atoms with Crippen LogP contribution in [0.15, 0.2) is 18.3 Å². The van der Waals surface area contributed by atoms with E-state index in [4.69, 9.17) is 4.74 Å². The molecule has 3 nitrogen and oxygen atoms in total. The second kappa shape index (κ2) is 5.19. The first-order valence-electron chi connectivity index (χ1n) is 6.05. The molecule has 0 aromatic carbocycles. The molecule has 0 aliphatic heterocycles. The van der Waals surface area contributed by atoms with Crippen molar-refractivity contribution in [1.29, 1.82) is 0 Å². The quantitative estimate of drug-likeness (QED) is 0.850. The lowest BCUT2D eigenvalue weighted by atomic mass is 9.87. The van der Waals surface area contributed by atoms with Gasteiger partial charge in [-0.1, -0.05) is 19.8 Å². The molecule has 1 fully saturated rings. The van der Waals surface area contributed by atoms with Gasteiger partial charge in [-0.3, -0.25) is 0 Å². The molecule has 1 aromatic heterocycles. The van der Waals surface area contributed by atoms with E-state index >= 15 is 0 Å². The van der Waals surface area contributed by atoms with Crippen LogP contribution in [0.4, 0.5) is 5.69 Å². The van der Waals surface area contributed by atoms with Gasteiger partial charge in [0.05, 0.1) is 12.8 Å². The monoisotopic (exact) mass is 220 g/mol. The molecule has 1 heterocycles. The molecule has 0 spiro atoms. The molecule has 1 aliphatic rings. The summed E-state index contributed by atoms with van der Waals surface area (Å²) >= 11 is 0. The van der Waals surface area contributed by atoms with Crippen molar-refractivity contribution in [3.05, 3.63) is 18.3 Å². The molecule has 1 saturated carbocycles. The van der Waals surface area contributed by atoms with Crippen LogP contribution in [0.25, 0.3) is 0 Å². The largest absolute Gasteiger partial charge is 0.480 e. The van der Waals surface area contributed by atoms with E-state index in [0.29, 0.717) is 11.9 Å². The highest BCUT2D eigenvalue weighted by atomic mass is 16.5. The summed E-state index contributed by atoms with van der Waals surface area (Å²) in [5, 5.41) is 3.54. The molecule has 0 radical (unpaired) electrons. The van der Waals surface area contributed by atoms with Gasteiger partial charge in [-0.25, -0.2) is 4.98 Å². The lowest BCUT2D eigenvalue weighted by Crippen LogP contribution is -2.26. The van der Waals surface area contributed by atoms with Gasteiger partial charge in [0.2, 0.25) is 5.88 Å². The van der Waals surface area contributed by atoms with Gasteiger partial charge in [-0.15, -0.1) is 0 Å². The molecule has 16 heavy (non-hydrogen) atoms. The molecule has 1 aromatic rings. The van der Waals surface area contributed by atoms with E-state index < -0.39 is 0 Å². The van der Waals surface area contributed by atoms with Crippen molar-refractivity contribution < 1.29 is 4.74 Å². The van der Waals surface area contributed by atoms with Gasteiger partial charge in [0.25, 0.3) is 0 Å². The Morgan fingerprint density at radius 2 is 2.31 bits per heavy atom. The minimum atomic E-state index is 0.571. The summed E-state index contributed by atoms with van der Waals surface area (Å²) in [5.74, 6) is 1.52. The maximum absolute atomic E-state index is 5.24. The lowest BCUT2D eigenvalue weighted by Gasteiger charge is -2.28. The normalized spacial score (nSPS) is 25.1. The molecule has 0 amide bonds. The number of hydrogen-bond donors (Lipinski definition) is 1. The Kier molecular flexibility index (Phi) is 3.65. The predicted octanol–water partition coefficient (Wildman–Crippen LogP) is 3.08. The second-order valence-electron chi connectivity index (χ2n) is 4.67. The molecule has 2 atom stereocenters. The number of anilines is 1. The fourth-order valence-electron chi connectivity index (χ4n) is 2.45. The summed E-state index contributed by atoms with van der Waals surface area (Å²) in [5.41, 5.74) is 1.02. The third-order valence-electron chi connectivity index (χ3n) is 3.26. The Bertz CT molecular complexity index is 340. The Morgan fingerprint density at radius 1 is 1.44 bits per heavy atom. The summed E-state index contributed by atoms with van der Waals surface area (Å²) in [4.78, 5) is 4.20. The van der Waals surface area contributed by atoms with Crippen LogP contribution in [0.5, 0.6) is 5.88 Å². The number of methoxy groups -OCH3 is 1. The molecule has 88 valence electrons. The van der Waals surface area contributed by atoms with Gasteiger partial charge >= 0.3 is 0 Å². The summed E-state index contributed by atoms with van der Waals surface area (Å²) in [6.07, 6.45) is 6.94. The zero-order valence-electron chi connectivity index (χ0n) is 10.1. The van der Waals surface area contributed by atoms with Gasteiger partial charge in [-0.2, -0.15) is 0 Å². The highest BCUT2D eigenvalue weighted by Crippen LogP contribution is 2.28. The zero-order valence-corrected chi connectivity index (χ0v) is 10.1. The van der Waals surface area contributed by atoms with E-state index in [1.54, 1.807) is 13.3 Å². The molecule has 0 bridgehead atoms. The number of pyridine rings is 1. The number of hydrogen-bond acceptors (Lipinski definition) is 3. The molecular weight excluding hydrogens is 200 g/mol. The first kappa shape index (κ1) is 11.2. The average molecular weight is 220 g/mol. The fraction of sp³-hybridized carbons (Fsp3) is 0.615. The first-order chi connectivity index (χ1) is 7.79. The summed E-state index contributed by atoms with van der Waals surface area (Å²) in [6, 6.07) is 4.55. The molecule has 1 aliphatic carbocycles. The van der Waals surface area contributed by atoms with E-state index in [1.165, 1.54) is 25.7 Å². The molecule has 0 saturated heterocycles. The van der Waals surface area contributed by atoms with Crippen molar-refractivity contribution in [2.24, 2.45) is 5.92 Å². The van der Waals surface area contributed by atoms with Gasteiger partial charge in [0.1, 0.15) is 0 Å². The number of nitrogens with zero attached hydrogens (tertiary/aromatic N) is 1. The van der Waals surface area contributed by atoms with Crippen LogP contribution in [0, 0.1) is 5.92 Å². The smallest absolute Gasteiger partial charge is 0.237 e. The van der Waals surface area contributed by atoms with Gasteiger partial charge in [0, 0.05) is 12.2 Å². The van der Waals surface area contributed by atoms with Crippen LogP contribution in [-0.2, 0) is 0 Å². The Balaban J connectivity index is 2.02. The maximum Gasteiger partial charge on any atom is 0.237 e. The van der Waals surface area contributed by atoms with Crippen LogP contribution in [0.1, 0.15) is 32.6 Å². The third kappa shape index (κ3) is 2.65. The van der Waals surface area contributed by atoms with Crippen molar-refractivity contribution in [1.82, 2.24) is 4.98 Å². The van der Waals surface area contributed by atoms with Crippen molar-refractivity contribution in [3.63, 3.8) is 0 Å². The lowest BCUT2D eigenvalue weighted by molar-refractivity contribution is 0.356. The van der Waals surface area contributed by atoms with Gasteiger partial charge < -0.3 is 10.1 Å². The predicted molar refractivity (Wildman–Crippen MR) is 65.8 cm³/mol. The molecular formula is C13H20N2O. The number of aromatic nitrogens is 1. The molecule has 1 N–H and O–H groups in total. The minimum absolute atomic E-state index is 0.571. The number of ether oxygens (including phenoxy) is 1. The first-order valence-corrected chi connectivity index (χ1v) is 6.05. The second-order valence-corrected chi connectivity index (χ2v) is 4.67. The van der Waals surface area contributed by atoms with E-state index in [0.717, 1.165) is 11.6 Å². The highest BCUT2D eigenvalue weighted by Gasteiger charge is 2.19. The van der Waals surface area contributed by atoms with Crippen LogP contribution in [-0.4, -0.2) is 18.1 Å². The van der Waals surface area contributed by atoms with Crippen molar-refractivity contribution >= 4 is 5.69 Å². The molecule has 2 unspecified atom stereocenters. The van der Waals surface area contributed by atoms with E-state index in [2.05, 4.69) is 17.2 Å². The molecule has 3 heteroatoms. The topological polar surface area (TPSA) is 34.1 Å². The number of rotatable bonds is 3. The third-order valence-corrected chi connectivity index (χ3v) is 3.26. The number of nitrogens with one attached hydrogen (secondary N) is 1. The van der Waals surface area contributed by atoms with Crippen LogP contribution >= 0.6 is 0 Å². The van der Waals surface area contributed by atoms with Crippen LogP contribution < -0.4 is 10.1 Å². The van der Waals surface area contributed by atoms with Crippen LogP contribution in [0.2, 0.25) is 0 Å². The van der Waals surface area contributed by atoms with Crippen molar-refractivity contribution in [2.75, 3.05) is 12.4 Å². The summed E-state index contributed by atoms with van der Waals surface area (Å²) in [6.45, 7) is 2.33. The minimum Gasteiger partial charge on any atom is -0.480 e. The maximum atomic E-state index is 5.24. The SMILES string of the molecule is COc1ncccc1NC1CCCC(C)C1. The Morgan fingerprint density at radius 3 is 3.06 bits per heavy atom. The van der Waals surface area contributed by atoms with Crippen molar-refractivity contribution in [3.8, 4) is 5.88 Å². The molecule has 2 rings (SSSR count). The van der Waals surface area contributed by atoms with E-state index in [-0.39, 0.29) is 0 Å². The average Bonchev–Trinajstić information content (AvgIpc) is 2.30. The summed E-state index contributed by atoms with van der Waals surface area (Å²) in [7, 11) is 1.66. The zero-order chi connectivity index (χ0) is 11.4.